The van der Waals surface area contributed by atoms with Gasteiger partial charge in [-0.2, -0.15) is 22.1 Å². The highest BCUT2D eigenvalue weighted by atomic mass is 32.2. The topological polar surface area (TPSA) is 124 Å². The number of nitrogens with zero attached hydrogens (tertiary/aromatic N) is 2. The maximum atomic E-state index is 13.0. The third kappa shape index (κ3) is 3.62. The first kappa shape index (κ1) is 20.9. The fourth-order valence-electron chi connectivity index (χ4n) is 2.90. The number of hydrogen-bond donors (Lipinski definition) is 1. The van der Waals surface area contributed by atoms with Crippen molar-refractivity contribution in [3.63, 3.8) is 0 Å². The molecule has 9 nitrogen and oxygen atoms in total. The van der Waals surface area contributed by atoms with Crippen molar-refractivity contribution in [2.45, 2.75) is 28.1 Å². The monoisotopic (exact) mass is 436 g/mol. The van der Waals surface area contributed by atoms with Gasteiger partial charge in [0.15, 0.2) is 12.4 Å². The van der Waals surface area contributed by atoms with Gasteiger partial charge in [-0.25, -0.2) is 9.59 Å². The molecule has 3 atom stereocenters. The Morgan fingerprint density at radius 2 is 1.90 bits per heavy atom. The minimum atomic E-state index is -2.24. The number of ketones is 1. The highest BCUT2D eigenvalue weighted by Gasteiger charge is 2.67. The Hall–Kier alpha value is -2.79. The average molecular weight is 436 g/mol. The Balaban J connectivity index is 2.15. The smallest absolute Gasteiger partial charge is 0.377 e. The van der Waals surface area contributed by atoms with Crippen LogP contribution >= 0.6 is 24.4 Å². The van der Waals surface area contributed by atoms with E-state index in [0.717, 1.165) is 0 Å². The van der Waals surface area contributed by atoms with Crippen molar-refractivity contribution in [3.05, 3.63) is 64.9 Å². The molecule has 1 aliphatic rings. The van der Waals surface area contributed by atoms with Crippen LogP contribution in [-0.2, 0) is 23.9 Å². The minimum Gasteiger partial charge on any atom is -0.618 e. The summed E-state index contributed by atoms with van der Waals surface area (Å²) in [6.45, 7) is 1.47. The van der Waals surface area contributed by atoms with Gasteiger partial charge in [0.05, 0.1) is 6.61 Å². The van der Waals surface area contributed by atoms with Gasteiger partial charge in [0.2, 0.25) is 11.3 Å². The number of carbonyl (C=O) groups excluding carboxylic acids is 3. The molecule has 0 radical (unpaired) electrons. The first-order chi connectivity index (χ1) is 13.8. The third-order valence-electron chi connectivity index (χ3n) is 4.25. The van der Waals surface area contributed by atoms with E-state index in [1.54, 1.807) is 13.0 Å². The molecule has 1 saturated heterocycles. The van der Waals surface area contributed by atoms with E-state index in [4.69, 9.17) is 9.47 Å². The van der Waals surface area contributed by atoms with Crippen molar-refractivity contribution in [1.82, 2.24) is 0 Å². The fraction of sp³-hybridized carbons (Fsp3) is 0.278. The summed E-state index contributed by atoms with van der Waals surface area (Å²) in [4.78, 5) is 37.8. The molecular weight excluding hydrogens is 420 g/mol. The summed E-state index contributed by atoms with van der Waals surface area (Å²) in [6.07, 6.45) is 2.39. The van der Waals surface area contributed by atoms with Crippen molar-refractivity contribution in [1.29, 1.82) is 0 Å². The van der Waals surface area contributed by atoms with E-state index in [1.165, 1.54) is 42.7 Å². The lowest BCUT2D eigenvalue weighted by atomic mass is 9.92. The van der Waals surface area contributed by atoms with Crippen LogP contribution in [0.3, 0.4) is 0 Å². The standard InChI is InChI=1S/C18H16N2O7S2/c1-2-26-17(23)18(14(28)11-7-3-5-9-19(11)24)15(13(21)16(22)27-18)29-12-8-4-6-10-20(12)25/h3-10,14-15,28H,2H2,1H3. The first-order valence-corrected chi connectivity index (χ1v) is 9.88. The van der Waals surface area contributed by atoms with Crippen molar-refractivity contribution < 1.29 is 33.3 Å². The maximum absolute atomic E-state index is 13.0. The van der Waals surface area contributed by atoms with Gasteiger partial charge in [-0.15, -0.1) is 0 Å². The number of hydrogen-bond acceptors (Lipinski definition) is 9. The van der Waals surface area contributed by atoms with E-state index in [9.17, 15) is 24.8 Å². The largest absolute Gasteiger partial charge is 0.618 e. The summed E-state index contributed by atoms with van der Waals surface area (Å²) in [7, 11) is 0. The summed E-state index contributed by atoms with van der Waals surface area (Å²) in [5.74, 6) is -3.33. The van der Waals surface area contributed by atoms with Gasteiger partial charge >= 0.3 is 11.9 Å². The summed E-state index contributed by atoms with van der Waals surface area (Å²) >= 11 is 5.06. The van der Waals surface area contributed by atoms with E-state index < -0.39 is 33.8 Å². The average Bonchev–Trinajstić information content (AvgIpc) is 2.95. The van der Waals surface area contributed by atoms with E-state index in [0.29, 0.717) is 21.2 Å². The highest BCUT2D eigenvalue weighted by Crippen LogP contribution is 2.47. The molecule has 3 rings (SSSR count). The van der Waals surface area contributed by atoms with E-state index >= 15 is 0 Å². The van der Waals surface area contributed by atoms with Gasteiger partial charge in [-0.3, -0.25) is 4.79 Å². The highest BCUT2D eigenvalue weighted by molar-refractivity contribution is 8.00. The van der Waals surface area contributed by atoms with Crippen molar-refractivity contribution in [2.24, 2.45) is 0 Å². The quantitative estimate of drug-likeness (QED) is 0.228. The Morgan fingerprint density at radius 3 is 2.52 bits per heavy atom. The van der Waals surface area contributed by atoms with Crippen LogP contribution in [0.15, 0.2) is 53.8 Å². The van der Waals surface area contributed by atoms with Crippen molar-refractivity contribution in [2.75, 3.05) is 6.61 Å². The van der Waals surface area contributed by atoms with Crippen LogP contribution in [0, 0.1) is 10.4 Å². The van der Waals surface area contributed by atoms with Crippen LogP contribution < -0.4 is 9.46 Å². The second-order valence-electron chi connectivity index (χ2n) is 5.98. The van der Waals surface area contributed by atoms with Crippen LogP contribution in [0.25, 0.3) is 0 Å². The molecule has 11 heteroatoms. The number of Topliss-reactive ketones (excluding diaryl/α,β-unsaturated/α-hetero) is 1. The summed E-state index contributed by atoms with van der Waals surface area (Å²) < 4.78 is 11.3. The van der Waals surface area contributed by atoms with Crippen LogP contribution in [0.2, 0.25) is 0 Å². The lowest BCUT2D eigenvalue weighted by Gasteiger charge is -2.32. The lowest BCUT2D eigenvalue weighted by molar-refractivity contribution is -0.645. The molecule has 0 aromatic carbocycles. The Bertz CT molecular complexity index is 971. The maximum Gasteiger partial charge on any atom is 0.377 e. The number of thioether (sulfide) groups is 1. The lowest BCUT2D eigenvalue weighted by Crippen LogP contribution is -2.54. The van der Waals surface area contributed by atoms with Gasteiger partial charge in [-0.1, -0.05) is 0 Å². The molecule has 2 aromatic rings. The molecule has 0 N–H and O–H groups in total. The van der Waals surface area contributed by atoms with E-state index in [2.05, 4.69) is 12.6 Å². The Labute approximate surface area is 175 Å². The molecule has 0 spiro atoms. The predicted molar refractivity (Wildman–Crippen MR) is 103 cm³/mol. The number of aromatic nitrogens is 2. The molecule has 3 heterocycles. The number of pyridine rings is 2. The molecule has 29 heavy (non-hydrogen) atoms. The number of thiol groups is 1. The van der Waals surface area contributed by atoms with Crippen LogP contribution in [0.5, 0.6) is 0 Å². The minimum absolute atomic E-state index is 0.0277. The molecule has 2 aromatic heterocycles. The van der Waals surface area contributed by atoms with E-state index in [-0.39, 0.29) is 17.3 Å². The second-order valence-corrected chi connectivity index (χ2v) is 7.63. The van der Waals surface area contributed by atoms with Gasteiger partial charge in [0.1, 0.15) is 10.5 Å². The van der Waals surface area contributed by atoms with Crippen molar-refractivity contribution in [3.8, 4) is 0 Å². The third-order valence-corrected chi connectivity index (χ3v) is 6.26. The molecule has 3 unspecified atom stereocenters. The molecule has 152 valence electrons. The normalized spacial score (nSPS) is 22.2. The van der Waals surface area contributed by atoms with Gasteiger partial charge in [-0.05, 0) is 30.8 Å². The number of esters is 2. The number of cyclic esters (lactones) is 1. The first-order valence-electron chi connectivity index (χ1n) is 8.48. The molecular formula is C18H16N2O7S2. The van der Waals surface area contributed by atoms with Crippen LogP contribution in [-0.4, -0.2) is 35.2 Å². The zero-order chi connectivity index (χ0) is 21.2. The summed E-state index contributed by atoms with van der Waals surface area (Å²) in [5.41, 5.74) is -2.27. The SMILES string of the molecule is CCOC(=O)C1(C(S)c2cccc[n+]2[O-])OC(=O)C(=O)C1Sc1cccc[n+]1[O-]. The second kappa shape index (κ2) is 8.29. The number of carbonyl (C=O) groups is 3. The summed E-state index contributed by atoms with van der Waals surface area (Å²) in [5, 5.41) is 21.6. The molecule has 1 aliphatic heterocycles. The van der Waals surface area contributed by atoms with Crippen LogP contribution in [0.4, 0.5) is 0 Å². The van der Waals surface area contributed by atoms with Crippen LogP contribution in [0.1, 0.15) is 17.9 Å². The molecule has 0 amide bonds. The molecule has 0 aliphatic carbocycles. The number of rotatable bonds is 6. The molecule has 0 saturated carbocycles. The Kier molecular flexibility index (Phi) is 5.99. The Morgan fingerprint density at radius 1 is 1.24 bits per heavy atom. The van der Waals surface area contributed by atoms with Crippen molar-refractivity contribution >= 4 is 42.1 Å². The van der Waals surface area contributed by atoms with E-state index in [1.807, 2.05) is 0 Å². The van der Waals surface area contributed by atoms with Gasteiger partial charge < -0.3 is 19.9 Å². The fourth-order valence-corrected chi connectivity index (χ4v) is 4.73. The molecule has 0 bridgehead atoms. The van der Waals surface area contributed by atoms with Gasteiger partial charge in [0, 0.05) is 24.3 Å². The summed E-state index contributed by atoms with van der Waals surface area (Å²) in [6, 6.07) is 8.87. The zero-order valence-electron chi connectivity index (χ0n) is 15.1. The molecule has 1 fully saturated rings. The predicted octanol–water partition coefficient (Wildman–Crippen LogP) is 0.513. The zero-order valence-corrected chi connectivity index (χ0v) is 16.8. The van der Waals surface area contributed by atoms with Gasteiger partial charge in [0.25, 0.3) is 10.8 Å². The number of ether oxygens (including phenoxy) is 2.